The predicted molar refractivity (Wildman–Crippen MR) is 147 cm³/mol. The van der Waals surface area contributed by atoms with E-state index in [4.69, 9.17) is 23.2 Å². The molecule has 0 radical (unpaired) electrons. The molecule has 0 aliphatic carbocycles. The lowest BCUT2D eigenvalue weighted by molar-refractivity contribution is -0.136. The van der Waals surface area contributed by atoms with Crippen LogP contribution < -0.4 is 10.2 Å². The Kier molecular flexibility index (Phi) is 8.48. The van der Waals surface area contributed by atoms with E-state index in [-0.39, 0.29) is 24.5 Å². The number of benzene rings is 3. The van der Waals surface area contributed by atoms with E-state index in [2.05, 4.69) is 27.2 Å². The summed E-state index contributed by atoms with van der Waals surface area (Å²) in [5.74, 6) is -1.05. The van der Waals surface area contributed by atoms with Gasteiger partial charge in [-0.15, -0.1) is 0 Å². The molecule has 2 aliphatic heterocycles. The first-order chi connectivity index (χ1) is 18.4. The number of nitrogens with zero attached hydrogens (tertiary/aromatic N) is 3. The zero-order valence-corrected chi connectivity index (χ0v) is 22.4. The molecule has 0 unspecified atom stereocenters. The van der Waals surface area contributed by atoms with Gasteiger partial charge in [0, 0.05) is 63.5 Å². The Morgan fingerprint density at radius 3 is 2.45 bits per heavy atom. The second-order valence-corrected chi connectivity index (χ2v) is 10.7. The van der Waals surface area contributed by atoms with E-state index in [9.17, 15) is 13.6 Å². The molecule has 2 aliphatic rings. The van der Waals surface area contributed by atoms with Crippen molar-refractivity contribution in [1.82, 2.24) is 15.1 Å². The van der Waals surface area contributed by atoms with Crippen LogP contribution in [0.4, 0.5) is 14.5 Å². The van der Waals surface area contributed by atoms with E-state index in [1.807, 2.05) is 35.2 Å². The molecule has 0 aromatic heterocycles. The third-order valence-corrected chi connectivity index (χ3v) is 8.19. The first kappa shape index (κ1) is 26.9. The van der Waals surface area contributed by atoms with E-state index in [1.54, 1.807) is 6.07 Å². The Morgan fingerprint density at radius 2 is 1.71 bits per heavy atom. The molecule has 38 heavy (non-hydrogen) atoms. The number of halogens is 4. The van der Waals surface area contributed by atoms with Gasteiger partial charge in [-0.1, -0.05) is 65.7 Å². The largest absolute Gasteiger partial charge is 0.367 e. The Bertz CT molecular complexity index is 1270. The van der Waals surface area contributed by atoms with Crippen molar-refractivity contribution in [3.8, 4) is 0 Å². The van der Waals surface area contributed by atoms with E-state index in [1.165, 1.54) is 12.1 Å². The fraction of sp³-hybridized carbons (Fsp3) is 0.345. The van der Waals surface area contributed by atoms with Gasteiger partial charge in [-0.2, -0.15) is 0 Å². The Morgan fingerprint density at radius 1 is 0.947 bits per heavy atom. The number of hydrogen-bond acceptors (Lipinski definition) is 4. The second kappa shape index (κ2) is 12.0. The van der Waals surface area contributed by atoms with Crippen LogP contribution in [-0.2, 0) is 17.9 Å². The van der Waals surface area contributed by atoms with Crippen LogP contribution in [0.15, 0.2) is 66.7 Å². The van der Waals surface area contributed by atoms with Crippen molar-refractivity contribution < 1.29 is 13.6 Å². The van der Waals surface area contributed by atoms with Gasteiger partial charge in [0.1, 0.15) is 11.6 Å². The molecule has 5 nitrogen and oxygen atoms in total. The second-order valence-electron chi connectivity index (χ2n) is 9.87. The summed E-state index contributed by atoms with van der Waals surface area (Å²) in [6, 6.07) is 19.0. The van der Waals surface area contributed by atoms with Gasteiger partial charge in [-0.05, 0) is 30.2 Å². The fourth-order valence-electron chi connectivity index (χ4n) is 5.34. The molecule has 200 valence electrons. The van der Waals surface area contributed by atoms with Crippen molar-refractivity contribution in [3.05, 3.63) is 99.5 Å². The van der Waals surface area contributed by atoms with Crippen molar-refractivity contribution in [3.63, 3.8) is 0 Å². The molecule has 5 rings (SSSR count). The van der Waals surface area contributed by atoms with Gasteiger partial charge < -0.3 is 15.1 Å². The van der Waals surface area contributed by atoms with E-state index >= 15 is 0 Å². The number of likely N-dealkylation sites (tertiary alicyclic amines) is 1. The monoisotopic (exact) mass is 558 g/mol. The summed E-state index contributed by atoms with van der Waals surface area (Å²) in [6.07, 6.45) is 0.620. The van der Waals surface area contributed by atoms with Gasteiger partial charge in [0.25, 0.3) is 0 Å². The van der Waals surface area contributed by atoms with Gasteiger partial charge in [0.2, 0.25) is 5.91 Å². The molecule has 0 bridgehead atoms. The molecular weight excluding hydrogens is 529 g/mol. The first-order valence-electron chi connectivity index (χ1n) is 12.8. The Labute approximate surface area is 231 Å². The molecule has 0 spiro atoms. The maximum Gasteiger partial charge on any atom is 0.240 e. The first-order valence-corrected chi connectivity index (χ1v) is 13.6. The fourth-order valence-corrected chi connectivity index (χ4v) is 5.75. The lowest BCUT2D eigenvalue weighted by Crippen LogP contribution is -2.53. The minimum atomic E-state index is -0.593. The third kappa shape index (κ3) is 6.12. The van der Waals surface area contributed by atoms with Crippen LogP contribution in [0, 0.1) is 11.6 Å². The normalized spacial score (nSPS) is 20.2. The topological polar surface area (TPSA) is 38.8 Å². The van der Waals surface area contributed by atoms with Crippen LogP contribution in [-0.4, -0.2) is 60.5 Å². The minimum Gasteiger partial charge on any atom is -0.367 e. The van der Waals surface area contributed by atoms with Crippen molar-refractivity contribution >= 4 is 34.8 Å². The minimum absolute atomic E-state index is 0.00340. The van der Waals surface area contributed by atoms with Crippen LogP contribution >= 0.6 is 23.2 Å². The molecule has 1 N–H and O–H groups in total. The molecule has 2 fully saturated rings. The zero-order chi connectivity index (χ0) is 26.6. The molecule has 1 amide bonds. The zero-order valence-electron chi connectivity index (χ0n) is 20.9. The number of carbonyl (C=O) groups excluding carboxylic acids is 1. The van der Waals surface area contributed by atoms with Crippen LogP contribution in [0.2, 0.25) is 10.0 Å². The standard InChI is InChI=1S/C29H30Cl2F2N4O/c30-24-7-4-8-26(28(24)31)35-11-13-36(14-12-35)29(38)27-16-23(19-37(27)18-20-5-2-1-3-6-20)34-17-21-9-10-22(32)15-25(21)33/h1-10,15,23,27,34H,11-14,16-19H2/t23-,27-/m0/s1. The highest BCUT2D eigenvalue weighted by Crippen LogP contribution is 2.33. The number of amides is 1. The Hall–Kier alpha value is -2.71. The van der Waals surface area contributed by atoms with Crippen LogP contribution in [0.5, 0.6) is 0 Å². The number of carbonyl (C=O) groups is 1. The number of piperazine rings is 1. The molecule has 3 aromatic rings. The van der Waals surface area contributed by atoms with E-state index in [0.29, 0.717) is 61.3 Å². The quantitative estimate of drug-likeness (QED) is 0.424. The number of anilines is 1. The predicted octanol–water partition coefficient (Wildman–Crippen LogP) is 5.35. The maximum atomic E-state index is 14.2. The number of rotatable bonds is 7. The highest BCUT2D eigenvalue weighted by atomic mass is 35.5. The van der Waals surface area contributed by atoms with Gasteiger partial charge in [0.15, 0.2) is 0 Å². The van der Waals surface area contributed by atoms with E-state index < -0.39 is 11.6 Å². The molecule has 2 atom stereocenters. The van der Waals surface area contributed by atoms with Crippen molar-refractivity contribution in [2.45, 2.75) is 31.6 Å². The van der Waals surface area contributed by atoms with Crippen LogP contribution in [0.1, 0.15) is 17.5 Å². The summed E-state index contributed by atoms with van der Waals surface area (Å²) < 4.78 is 27.5. The van der Waals surface area contributed by atoms with Gasteiger partial charge >= 0.3 is 0 Å². The highest BCUT2D eigenvalue weighted by Gasteiger charge is 2.39. The lowest BCUT2D eigenvalue weighted by Gasteiger charge is -2.38. The molecule has 0 saturated carbocycles. The number of nitrogens with one attached hydrogen (secondary N) is 1. The molecule has 2 saturated heterocycles. The third-order valence-electron chi connectivity index (χ3n) is 7.38. The summed E-state index contributed by atoms with van der Waals surface area (Å²) in [4.78, 5) is 20.1. The van der Waals surface area contributed by atoms with Crippen LogP contribution in [0.3, 0.4) is 0 Å². The van der Waals surface area contributed by atoms with E-state index in [0.717, 1.165) is 17.3 Å². The molecule has 3 aromatic carbocycles. The maximum absolute atomic E-state index is 14.2. The lowest BCUT2D eigenvalue weighted by atomic mass is 10.1. The molecular formula is C29H30Cl2F2N4O. The molecule has 9 heteroatoms. The summed E-state index contributed by atoms with van der Waals surface area (Å²) in [6.45, 7) is 4.11. The van der Waals surface area contributed by atoms with Gasteiger partial charge in [-0.3, -0.25) is 9.69 Å². The van der Waals surface area contributed by atoms with Crippen molar-refractivity contribution in [1.29, 1.82) is 0 Å². The summed E-state index contributed by atoms with van der Waals surface area (Å²) in [5, 5.41) is 4.44. The average molecular weight is 559 g/mol. The highest BCUT2D eigenvalue weighted by molar-refractivity contribution is 6.43. The van der Waals surface area contributed by atoms with Gasteiger partial charge in [-0.25, -0.2) is 8.78 Å². The van der Waals surface area contributed by atoms with Gasteiger partial charge in [0.05, 0.1) is 21.8 Å². The summed E-state index contributed by atoms with van der Waals surface area (Å²) >= 11 is 12.6. The summed E-state index contributed by atoms with van der Waals surface area (Å²) in [7, 11) is 0. The average Bonchev–Trinajstić information content (AvgIpc) is 3.32. The number of hydrogen-bond donors (Lipinski definition) is 1. The van der Waals surface area contributed by atoms with Crippen molar-refractivity contribution in [2.75, 3.05) is 37.6 Å². The van der Waals surface area contributed by atoms with Crippen LogP contribution in [0.25, 0.3) is 0 Å². The Balaban J connectivity index is 1.25. The summed E-state index contributed by atoms with van der Waals surface area (Å²) in [5.41, 5.74) is 2.43. The van der Waals surface area contributed by atoms with Crippen molar-refractivity contribution in [2.24, 2.45) is 0 Å². The molecule has 2 heterocycles. The smallest absolute Gasteiger partial charge is 0.240 e. The SMILES string of the molecule is O=C([C@@H]1C[C@H](NCc2ccc(F)cc2F)CN1Cc1ccccc1)N1CCN(c2cccc(Cl)c2Cl)CC1.